The van der Waals surface area contributed by atoms with Crippen molar-refractivity contribution < 1.29 is 14.3 Å². The van der Waals surface area contributed by atoms with Crippen molar-refractivity contribution in [2.45, 2.75) is 32.7 Å². The van der Waals surface area contributed by atoms with Gasteiger partial charge in [-0.3, -0.25) is 14.5 Å². The second kappa shape index (κ2) is 11.6. The highest BCUT2D eigenvalue weighted by atomic mass is 16.5. The van der Waals surface area contributed by atoms with Gasteiger partial charge in [0.25, 0.3) is 11.5 Å². The molecule has 1 N–H and O–H groups in total. The van der Waals surface area contributed by atoms with E-state index in [1.54, 1.807) is 0 Å². The first kappa shape index (κ1) is 23.7. The summed E-state index contributed by atoms with van der Waals surface area (Å²) in [6.45, 7) is 6.43. The number of carbonyl (C=O) groups is 1. The van der Waals surface area contributed by atoms with Gasteiger partial charge in [0, 0.05) is 32.2 Å². The maximum absolute atomic E-state index is 12.7. The van der Waals surface area contributed by atoms with Gasteiger partial charge in [-0.1, -0.05) is 42.5 Å². The smallest absolute Gasteiger partial charge is 0.271 e. The third kappa shape index (κ3) is 6.76. The molecule has 0 bridgehead atoms. The fraction of sp³-hybridized carbons (Fsp3) is 0.346. The molecular formula is C26H30N4O4. The molecule has 0 saturated carbocycles. The van der Waals surface area contributed by atoms with Gasteiger partial charge in [0.2, 0.25) is 0 Å². The van der Waals surface area contributed by atoms with Gasteiger partial charge in [-0.2, -0.15) is 5.10 Å². The SMILES string of the molecule is CC1CN(Cc2cccc(CNC(=O)c3ccc(=O)n(CCOc4ccccc4)n3)c2)CCO1. The molecule has 2 aromatic carbocycles. The van der Waals surface area contributed by atoms with Crippen LogP contribution in [0.4, 0.5) is 0 Å². The fourth-order valence-electron chi connectivity index (χ4n) is 3.90. The summed E-state index contributed by atoms with van der Waals surface area (Å²) in [5.74, 6) is 0.389. The van der Waals surface area contributed by atoms with Crippen LogP contribution in [-0.2, 0) is 24.4 Å². The van der Waals surface area contributed by atoms with Crippen molar-refractivity contribution >= 4 is 5.91 Å². The maximum atomic E-state index is 12.7. The van der Waals surface area contributed by atoms with E-state index in [2.05, 4.69) is 34.4 Å². The highest BCUT2D eigenvalue weighted by Crippen LogP contribution is 2.12. The second-order valence-corrected chi connectivity index (χ2v) is 8.36. The number of rotatable bonds is 9. The van der Waals surface area contributed by atoms with Gasteiger partial charge in [0.15, 0.2) is 0 Å². The lowest BCUT2D eigenvalue weighted by atomic mass is 10.1. The predicted octanol–water partition coefficient (Wildman–Crippen LogP) is 2.47. The monoisotopic (exact) mass is 462 g/mol. The molecule has 178 valence electrons. The molecule has 0 spiro atoms. The molecule has 1 amide bonds. The van der Waals surface area contributed by atoms with Crippen molar-refractivity contribution in [2.24, 2.45) is 0 Å². The van der Waals surface area contributed by atoms with Crippen LogP contribution in [0.2, 0.25) is 0 Å². The van der Waals surface area contributed by atoms with Crippen LogP contribution in [0.3, 0.4) is 0 Å². The van der Waals surface area contributed by atoms with Gasteiger partial charge in [0.1, 0.15) is 18.1 Å². The second-order valence-electron chi connectivity index (χ2n) is 8.36. The van der Waals surface area contributed by atoms with E-state index in [1.807, 2.05) is 42.5 Å². The van der Waals surface area contributed by atoms with Crippen LogP contribution in [0.25, 0.3) is 0 Å². The minimum Gasteiger partial charge on any atom is -0.492 e. The Balaban J connectivity index is 1.31. The Morgan fingerprint density at radius 3 is 2.76 bits per heavy atom. The number of hydrogen-bond donors (Lipinski definition) is 1. The average molecular weight is 463 g/mol. The summed E-state index contributed by atoms with van der Waals surface area (Å²) in [5.41, 5.74) is 2.12. The average Bonchev–Trinajstić information content (AvgIpc) is 2.85. The Labute approximate surface area is 199 Å². The Bertz CT molecular complexity index is 1150. The van der Waals surface area contributed by atoms with E-state index in [9.17, 15) is 9.59 Å². The summed E-state index contributed by atoms with van der Waals surface area (Å²) in [4.78, 5) is 27.2. The molecule has 8 nitrogen and oxygen atoms in total. The van der Waals surface area contributed by atoms with Crippen molar-refractivity contribution in [3.8, 4) is 5.75 Å². The van der Waals surface area contributed by atoms with Crippen LogP contribution in [-0.4, -0.2) is 53.0 Å². The lowest BCUT2D eigenvalue weighted by Gasteiger charge is -2.31. The number of nitrogens with zero attached hydrogens (tertiary/aromatic N) is 3. The molecule has 0 aliphatic carbocycles. The normalized spacial score (nSPS) is 16.2. The van der Waals surface area contributed by atoms with E-state index in [0.717, 1.165) is 37.6 Å². The summed E-state index contributed by atoms with van der Waals surface area (Å²) in [6.07, 6.45) is 0.247. The zero-order chi connectivity index (χ0) is 23.8. The number of aromatic nitrogens is 2. The van der Waals surface area contributed by atoms with Crippen LogP contribution in [0.15, 0.2) is 71.5 Å². The molecule has 0 radical (unpaired) electrons. The third-order valence-electron chi connectivity index (χ3n) is 5.59. The number of para-hydroxylation sites is 1. The molecule has 8 heteroatoms. The molecule has 34 heavy (non-hydrogen) atoms. The third-order valence-corrected chi connectivity index (χ3v) is 5.59. The zero-order valence-corrected chi connectivity index (χ0v) is 19.4. The molecule has 1 aliphatic heterocycles. The van der Waals surface area contributed by atoms with Crippen LogP contribution >= 0.6 is 0 Å². The first-order valence-electron chi connectivity index (χ1n) is 11.5. The number of benzene rings is 2. The predicted molar refractivity (Wildman–Crippen MR) is 129 cm³/mol. The lowest BCUT2D eigenvalue weighted by Crippen LogP contribution is -2.40. The summed E-state index contributed by atoms with van der Waals surface area (Å²) in [7, 11) is 0. The Morgan fingerprint density at radius 1 is 1.12 bits per heavy atom. The van der Waals surface area contributed by atoms with Crippen molar-refractivity contribution in [3.05, 3.63) is 93.9 Å². The minimum atomic E-state index is -0.329. The van der Waals surface area contributed by atoms with Gasteiger partial charge < -0.3 is 14.8 Å². The number of morpholine rings is 1. The largest absolute Gasteiger partial charge is 0.492 e. The first-order valence-corrected chi connectivity index (χ1v) is 11.5. The minimum absolute atomic E-state index is 0.192. The van der Waals surface area contributed by atoms with E-state index < -0.39 is 0 Å². The molecule has 1 aromatic heterocycles. The Kier molecular flexibility index (Phi) is 8.06. The number of amides is 1. The maximum Gasteiger partial charge on any atom is 0.271 e. The quantitative estimate of drug-likeness (QED) is 0.526. The molecule has 1 aliphatic rings. The van der Waals surface area contributed by atoms with Crippen molar-refractivity contribution in [2.75, 3.05) is 26.3 Å². The van der Waals surface area contributed by atoms with Crippen LogP contribution in [0, 0.1) is 0 Å². The summed E-state index contributed by atoms with van der Waals surface area (Å²) in [5, 5.41) is 7.11. The van der Waals surface area contributed by atoms with Crippen LogP contribution in [0.5, 0.6) is 5.75 Å². The molecule has 1 unspecified atom stereocenters. The van der Waals surface area contributed by atoms with E-state index >= 15 is 0 Å². The topological polar surface area (TPSA) is 85.7 Å². The van der Waals surface area contributed by atoms with E-state index in [4.69, 9.17) is 9.47 Å². The van der Waals surface area contributed by atoms with E-state index in [-0.39, 0.29) is 36.4 Å². The van der Waals surface area contributed by atoms with Gasteiger partial charge >= 0.3 is 0 Å². The van der Waals surface area contributed by atoms with E-state index in [1.165, 1.54) is 22.4 Å². The van der Waals surface area contributed by atoms with Crippen LogP contribution < -0.4 is 15.6 Å². The zero-order valence-electron chi connectivity index (χ0n) is 19.4. The highest BCUT2D eigenvalue weighted by Gasteiger charge is 2.17. The number of nitrogens with one attached hydrogen (secondary N) is 1. The molecule has 1 atom stereocenters. The summed E-state index contributed by atoms with van der Waals surface area (Å²) in [6, 6.07) is 20.3. The summed E-state index contributed by atoms with van der Waals surface area (Å²) >= 11 is 0. The van der Waals surface area contributed by atoms with Gasteiger partial charge in [0.05, 0.1) is 19.3 Å². The molecule has 2 heterocycles. The van der Waals surface area contributed by atoms with Crippen molar-refractivity contribution in [1.29, 1.82) is 0 Å². The Morgan fingerprint density at radius 2 is 1.94 bits per heavy atom. The van der Waals surface area contributed by atoms with Crippen molar-refractivity contribution in [1.82, 2.24) is 20.0 Å². The van der Waals surface area contributed by atoms with Gasteiger partial charge in [-0.25, -0.2) is 4.68 Å². The fourth-order valence-corrected chi connectivity index (χ4v) is 3.90. The lowest BCUT2D eigenvalue weighted by molar-refractivity contribution is -0.0212. The van der Waals surface area contributed by atoms with Crippen LogP contribution in [0.1, 0.15) is 28.5 Å². The number of carbonyl (C=O) groups excluding carboxylic acids is 1. The first-order chi connectivity index (χ1) is 16.6. The number of hydrogen-bond acceptors (Lipinski definition) is 6. The highest BCUT2D eigenvalue weighted by molar-refractivity contribution is 5.91. The Hall–Kier alpha value is -3.49. The summed E-state index contributed by atoms with van der Waals surface area (Å²) < 4.78 is 12.5. The molecule has 1 saturated heterocycles. The van der Waals surface area contributed by atoms with Crippen molar-refractivity contribution in [3.63, 3.8) is 0 Å². The standard InChI is InChI=1S/C26H30N4O4/c1-20-18-29(12-14-33-20)19-22-7-5-6-21(16-22)17-27-26(32)24-10-11-25(31)30(28-24)13-15-34-23-8-3-2-4-9-23/h2-11,16,20H,12-15,17-19H2,1H3,(H,27,32). The molecular weight excluding hydrogens is 432 g/mol. The molecule has 3 aromatic rings. The van der Waals surface area contributed by atoms with E-state index in [0.29, 0.717) is 6.54 Å². The van der Waals surface area contributed by atoms with Gasteiger partial charge in [-0.15, -0.1) is 0 Å². The molecule has 1 fully saturated rings. The number of ether oxygens (including phenoxy) is 2. The molecule has 4 rings (SSSR count). The van der Waals surface area contributed by atoms with Gasteiger partial charge in [-0.05, 0) is 36.2 Å².